The van der Waals surface area contributed by atoms with Gasteiger partial charge in [-0.1, -0.05) is 23.7 Å². The molecule has 0 radical (unpaired) electrons. The average Bonchev–Trinajstić information content (AvgIpc) is 3.26. The van der Waals surface area contributed by atoms with E-state index in [0.717, 1.165) is 5.56 Å². The smallest absolute Gasteiger partial charge is 0.182 e. The van der Waals surface area contributed by atoms with Crippen LogP contribution >= 0.6 is 11.6 Å². The van der Waals surface area contributed by atoms with Crippen LogP contribution in [0.3, 0.4) is 0 Å². The first-order valence-corrected chi connectivity index (χ1v) is 9.44. The van der Waals surface area contributed by atoms with Crippen molar-refractivity contribution in [3.63, 3.8) is 0 Å². The van der Waals surface area contributed by atoms with Gasteiger partial charge in [0.25, 0.3) is 0 Å². The maximum absolute atomic E-state index is 13.2. The van der Waals surface area contributed by atoms with Gasteiger partial charge in [0.05, 0.1) is 10.1 Å². The van der Waals surface area contributed by atoms with Gasteiger partial charge in [-0.2, -0.15) is 0 Å². The molecule has 0 aromatic heterocycles. The number of hydrogen-bond donors (Lipinski definition) is 2. The second-order valence-corrected chi connectivity index (χ2v) is 8.60. The number of halogens is 2. The van der Waals surface area contributed by atoms with E-state index in [4.69, 9.17) is 23.1 Å². The lowest BCUT2D eigenvalue weighted by Crippen LogP contribution is -2.31. The average molecular weight is 369 g/mol. The molecule has 2 aromatic carbocycles. The molecule has 4 nitrogen and oxygen atoms in total. The highest BCUT2D eigenvalue weighted by molar-refractivity contribution is 7.92. The van der Waals surface area contributed by atoms with Crippen LogP contribution in [0.4, 0.5) is 4.39 Å². The van der Waals surface area contributed by atoms with Gasteiger partial charge in [0.2, 0.25) is 0 Å². The van der Waals surface area contributed by atoms with E-state index < -0.39 is 20.5 Å². The van der Waals surface area contributed by atoms with Crippen LogP contribution in [0.5, 0.6) is 0 Å². The van der Waals surface area contributed by atoms with E-state index in [0.29, 0.717) is 5.02 Å². The zero-order valence-corrected chi connectivity index (χ0v) is 14.4. The summed E-state index contributed by atoms with van der Waals surface area (Å²) in [4.78, 5) is 0.188. The van der Waals surface area contributed by atoms with Crippen LogP contribution in [0.25, 0.3) is 0 Å². The van der Waals surface area contributed by atoms with Gasteiger partial charge in [-0.05, 0) is 42.0 Å². The molecule has 1 saturated carbocycles. The Balaban J connectivity index is 2.04. The first-order valence-electron chi connectivity index (χ1n) is 7.52. The monoisotopic (exact) mass is 368 g/mol. The van der Waals surface area contributed by atoms with Gasteiger partial charge in [-0.3, -0.25) is 0 Å². The fraction of sp³-hybridized carbons (Fsp3) is 0.294. The van der Waals surface area contributed by atoms with Crippen molar-refractivity contribution in [2.24, 2.45) is 16.9 Å². The molecule has 0 unspecified atom stereocenters. The second kappa shape index (κ2) is 6.11. The van der Waals surface area contributed by atoms with E-state index in [1.807, 2.05) is 0 Å². The molecule has 24 heavy (non-hydrogen) atoms. The number of hydrogen-bond acceptors (Lipinski definition) is 4. The Morgan fingerprint density at radius 3 is 2.04 bits per heavy atom. The van der Waals surface area contributed by atoms with Crippen molar-refractivity contribution in [1.82, 2.24) is 0 Å². The van der Waals surface area contributed by atoms with Gasteiger partial charge in [0.15, 0.2) is 9.84 Å². The van der Waals surface area contributed by atoms with Crippen molar-refractivity contribution in [3.05, 3.63) is 64.9 Å². The molecule has 128 valence electrons. The molecule has 0 aliphatic heterocycles. The molecule has 0 bridgehead atoms. The third-order valence-corrected chi connectivity index (χ3v) is 7.44. The van der Waals surface area contributed by atoms with Crippen LogP contribution in [-0.4, -0.2) is 26.8 Å². The van der Waals surface area contributed by atoms with E-state index >= 15 is 0 Å². The van der Waals surface area contributed by atoms with Crippen LogP contribution in [0.1, 0.15) is 11.5 Å². The SMILES string of the molecule is NCC1(CN)[C@@H](c2ccc(F)cc2)[C@@H]1S(=O)(=O)c1ccc(Cl)cc1. The van der Waals surface area contributed by atoms with Crippen LogP contribution in [-0.2, 0) is 9.84 Å². The van der Waals surface area contributed by atoms with E-state index in [1.165, 1.54) is 36.4 Å². The predicted octanol–water partition coefficient (Wildman–Crippen LogP) is 2.32. The molecule has 0 amide bonds. The molecule has 0 heterocycles. The predicted molar refractivity (Wildman–Crippen MR) is 92.1 cm³/mol. The van der Waals surface area contributed by atoms with Crippen LogP contribution in [0.2, 0.25) is 5.02 Å². The van der Waals surface area contributed by atoms with Crippen LogP contribution in [0, 0.1) is 11.2 Å². The maximum atomic E-state index is 13.2. The number of benzene rings is 2. The highest BCUT2D eigenvalue weighted by atomic mass is 35.5. The van der Waals surface area contributed by atoms with Crippen molar-refractivity contribution in [2.75, 3.05) is 13.1 Å². The summed E-state index contributed by atoms with van der Waals surface area (Å²) in [6.07, 6.45) is 0. The van der Waals surface area contributed by atoms with Gasteiger partial charge < -0.3 is 11.5 Å². The van der Waals surface area contributed by atoms with E-state index in [9.17, 15) is 12.8 Å². The third-order valence-electron chi connectivity index (χ3n) is 4.85. The van der Waals surface area contributed by atoms with E-state index in [-0.39, 0.29) is 29.7 Å². The quantitative estimate of drug-likeness (QED) is 0.848. The molecule has 7 heteroatoms. The van der Waals surface area contributed by atoms with Crippen molar-refractivity contribution >= 4 is 21.4 Å². The van der Waals surface area contributed by atoms with Crippen LogP contribution in [0.15, 0.2) is 53.4 Å². The first-order chi connectivity index (χ1) is 11.4. The maximum Gasteiger partial charge on any atom is 0.182 e. The molecule has 3 rings (SSSR count). The number of nitrogens with two attached hydrogens (primary N) is 2. The molecule has 2 aromatic rings. The normalized spacial score (nSPS) is 22.3. The Labute approximate surface area is 145 Å². The summed E-state index contributed by atoms with van der Waals surface area (Å²) in [7, 11) is -3.63. The number of rotatable bonds is 5. The molecule has 4 N–H and O–H groups in total. The molecular formula is C17H18ClFN2O2S. The van der Waals surface area contributed by atoms with Gasteiger partial charge in [-0.15, -0.1) is 0 Å². The lowest BCUT2D eigenvalue weighted by atomic mass is 9.99. The Kier molecular flexibility index (Phi) is 4.42. The molecule has 1 aliphatic rings. The molecule has 0 saturated heterocycles. The van der Waals surface area contributed by atoms with E-state index in [1.54, 1.807) is 12.1 Å². The van der Waals surface area contributed by atoms with Gasteiger partial charge >= 0.3 is 0 Å². The Hall–Kier alpha value is -1.47. The summed E-state index contributed by atoms with van der Waals surface area (Å²) >= 11 is 5.84. The van der Waals surface area contributed by atoms with Gasteiger partial charge in [0, 0.05) is 29.4 Å². The first kappa shape index (κ1) is 17.4. The third kappa shape index (κ3) is 2.63. The minimum atomic E-state index is -3.63. The zero-order valence-electron chi connectivity index (χ0n) is 12.8. The van der Waals surface area contributed by atoms with Crippen molar-refractivity contribution in [3.8, 4) is 0 Å². The lowest BCUT2D eigenvalue weighted by Gasteiger charge is -2.13. The summed E-state index contributed by atoms with van der Waals surface area (Å²) in [6.45, 7) is 0.284. The number of sulfone groups is 1. The lowest BCUT2D eigenvalue weighted by molar-refractivity contribution is 0.509. The Morgan fingerprint density at radius 1 is 1.00 bits per heavy atom. The highest BCUT2D eigenvalue weighted by Gasteiger charge is 2.69. The summed E-state index contributed by atoms with van der Waals surface area (Å²) in [5, 5.41) is -0.268. The Bertz CT molecular complexity index is 834. The minimum absolute atomic E-state index is 0.142. The fourth-order valence-corrected chi connectivity index (χ4v) is 6.06. The standard InChI is InChI=1S/C17H18ClFN2O2S/c18-12-3-7-14(8-4-12)24(22,23)16-15(17(16,9-20)10-21)11-1-5-13(19)6-2-11/h1-8,15-16H,9-10,20-21H2/t15-,16-/m0/s1. The van der Waals surface area contributed by atoms with Gasteiger partial charge in [-0.25, -0.2) is 12.8 Å². The summed E-state index contributed by atoms with van der Waals surface area (Å²) in [5.74, 6) is -0.726. The topological polar surface area (TPSA) is 86.2 Å². The van der Waals surface area contributed by atoms with Crippen molar-refractivity contribution < 1.29 is 12.8 Å². The van der Waals surface area contributed by atoms with Gasteiger partial charge in [0.1, 0.15) is 5.82 Å². The second-order valence-electron chi connectivity index (χ2n) is 6.09. The molecule has 2 atom stereocenters. The zero-order chi connectivity index (χ0) is 17.5. The molecular weight excluding hydrogens is 351 g/mol. The van der Waals surface area contributed by atoms with E-state index in [2.05, 4.69) is 0 Å². The highest BCUT2D eigenvalue weighted by Crippen LogP contribution is 2.62. The molecule has 1 fully saturated rings. The van der Waals surface area contributed by atoms with Crippen molar-refractivity contribution in [1.29, 1.82) is 0 Å². The largest absolute Gasteiger partial charge is 0.330 e. The fourth-order valence-electron chi connectivity index (χ4n) is 3.46. The van der Waals surface area contributed by atoms with Crippen LogP contribution < -0.4 is 11.5 Å². The molecule has 1 aliphatic carbocycles. The minimum Gasteiger partial charge on any atom is -0.330 e. The van der Waals surface area contributed by atoms with Crippen molar-refractivity contribution in [2.45, 2.75) is 16.1 Å². The summed E-state index contributed by atoms with van der Waals surface area (Å²) < 4.78 is 39.3. The molecule has 0 spiro atoms. The summed E-state index contributed by atoms with van der Waals surface area (Å²) in [5.41, 5.74) is 11.8. The summed E-state index contributed by atoms with van der Waals surface area (Å²) in [6, 6.07) is 11.9. The Morgan fingerprint density at radius 2 is 1.54 bits per heavy atom.